The van der Waals surface area contributed by atoms with Gasteiger partial charge in [-0.25, -0.2) is 0 Å². The SMILES string of the molecule is NC(=O)c1nnc(Nc2nc3ccc(Cl)cc3o2)o1. The minimum absolute atomic E-state index is 0.0496. The molecule has 0 spiro atoms. The van der Waals surface area contributed by atoms with Crippen molar-refractivity contribution in [2.75, 3.05) is 5.32 Å². The molecule has 0 saturated heterocycles. The zero-order valence-corrected chi connectivity index (χ0v) is 10.0. The van der Waals surface area contributed by atoms with Crippen molar-refractivity contribution in [3.63, 3.8) is 0 Å². The molecule has 0 aliphatic heterocycles. The van der Waals surface area contributed by atoms with E-state index in [1.165, 1.54) is 0 Å². The quantitative estimate of drug-likeness (QED) is 0.748. The van der Waals surface area contributed by atoms with Gasteiger partial charge in [-0.2, -0.15) is 4.98 Å². The summed E-state index contributed by atoms with van der Waals surface area (Å²) in [5.74, 6) is -1.12. The zero-order valence-electron chi connectivity index (χ0n) is 9.25. The zero-order chi connectivity index (χ0) is 13.4. The van der Waals surface area contributed by atoms with Crippen molar-refractivity contribution in [1.29, 1.82) is 0 Å². The highest BCUT2D eigenvalue weighted by Gasteiger charge is 2.13. The Labute approximate surface area is 110 Å². The topological polar surface area (TPSA) is 120 Å². The van der Waals surface area contributed by atoms with Crippen LogP contribution in [0.4, 0.5) is 12.0 Å². The number of amides is 1. The van der Waals surface area contributed by atoms with Gasteiger partial charge in [0, 0.05) is 11.1 Å². The van der Waals surface area contributed by atoms with Crippen molar-refractivity contribution in [1.82, 2.24) is 15.2 Å². The maximum absolute atomic E-state index is 10.8. The normalized spacial score (nSPS) is 10.8. The molecule has 0 bridgehead atoms. The van der Waals surface area contributed by atoms with Crippen LogP contribution in [-0.4, -0.2) is 21.1 Å². The molecule has 2 heterocycles. The van der Waals surface area contributed by atoms with Crippen LogP contribution in [0.5, 0.6) is 0 Å². The molecule has 0 unspecified atom stereocenters. The average molecular weight is 280 g/mol. The summed E-state index contributed by atoms with van der Waals surface area (Å²) >= 11 is 5.83. The fourth-order valence-corrected chi connectivity index (χ4v) is 1.58. The van der Waals surface area contributed by atoms with Crippen LogP contribution < -0.4 is 11.1 Å². The van der Waals surface area contributed by atoms with Crippen molar-refractivity contribution < 1.29 is 13.6 Å². The number of fused-ring (bicyclic) bond motifs is 1. The Morgan fingerprint density at radius 2 is 2.11 bits per heavy atom. The van der Waals surface area contributed by atoms with Gasteiger partial charge in [-0.3, -0.25) is 10.1 Å². The molecule has 19 heavy (non-hydrogen) atoms. The Bertz CT molecular complexity index is 765. The maximum Gasteiger partial charge on any atom is 0.324 e. The summed E-state index contributed by atoms with van der Waals surface area (Å²) in [4.78, 5) is 14.9. The van der Waals surface area contributed by atoms with Gasteiger partial charge in [0.2, 0.25) is 0 Å². The first-order valence-electron chi connectivity index (χ1n) is 5.08. The summed E-state index contributed by atoms with van der Waals surface area (Å²) in [5, 5.41) is 10.2. The number of rotatable bonds is 3. The van der Waals surface area contributed by atoms with E-state index in [1.807, 2.05) is 0 Å². The minimum atomic E-state index is -0.815. The molecular weight excluding hydrogens is 274 g/mol. The van der Waals surface area contributed by atoms with Crippen LogP contribution in [0.3, 0.4) is 0 Å². The van der Waals surface area contributed by atoms with Crippen LogP contribution in [0, 0.1) is 0 Å². The van der Waals surface area contributed by atoms with Crippen LogP contribution in [0.2, 0.25) is 5.02 Å². The summed E-state index contributed by atoms with van der Waals surface area (Å²) in [7, 11) is 0. The predicted molar refractivity (Wildman–Crippen MR) is 65.1 cm³/mol. The van der Waals surface area contributed by atoms with Crippen LogP contribution in [0.1, 0.15) is 10.7 Å². The predicted octanol–water partition coefficient (Wildman–Crippen LogP) is 1.71. The molecule has 3 aromatic rings. The number of halogens is 1. The second-order valence-corrected chi connectivity index (χ2v) is 3.97. The van der Waals surface area contributed by atoms with Gasteiger partial charge in [0.15, 0.2) is 5.58 Å². The number of aromatic nitrogens is 3. The van der Waals surface area contributed by atoms with Crippen molar-refractivity contribution in [3.05, 3.63) is 29.1 Å². The van der Waals surface area contributed by atoms with Crippen molar-refractivity contribution in [2.24, 2.45) is 5.73 Å². The molecule has 0 atom stereocenters. The molecule has 3 rings (SSSR count). The third kappa shape index (κ3) is 2.20. The maximum atomic E-state index is 10.8. The van der Waals surface area contributed by atoms with Crippen molar-refractivity contribution >= 4 is 40.6 Å². The molecule has 0 radical (unpaired) electrons. The monoisotopic (exact) mass is 279 g/mol. The van der Waals surface area contributed by atoms with E-state index in [0.717, 1.165) is 0 Å². The number of oxazole rings is 1. The number of hydrogen-bond acceptors (Lipinski definition) is 7. The molecule has 2 aromatic heterocycles. The highest BCUT2D eigenvalue weighted by Crippen LogP contribution is 2.24. The largest absolute Gasteiger partial charge is 0.423 e. The lowest BCUT2D eigenvalue weighted by Crippen LogP contribution is -2.10. The van der Waals surface area contributed by atoms with Gasteiger partial charge < -0.3 is 14.6 Å². The Hall–Kier alpha value is -2.61. The van der Waals surface area contributed by atoms with Gasteiger partial charge in [0.05, 0.1) is 0 Å². The van der Waals surface area contributed by atoms with Gasteiger partial charge in [0.25, 0.3) is 0 Å². The van der Waals surface area contributed by atoms with Crippen LogP contribution >= 0.6 is 11.6 Å². The summed E-state index contributed by atoms with van der Waals surface area (Å²) in [6, 6.07) is 5.10. The number of carbonyl (C=O) groups is 1. The summed E-state index contributed by atoms with van der Waals surface area (Å²) in [6.07, 6.45) is 0. The molecule has 9 heteroatoms. The van der Waals surface area contributed by atoms with Crippen molar-refractivity contribution in [3.8, 4) is 0 Å². The molecule has 0 fully saturated rings. The number of primary amides is 1. The van der Waals surface area contributed by atoms with E-state index in [2.05, 4.69) is 20.5 Å². The van der Waals surface area contributed by atoms with Gasteiger partial charge in [-0.1, -0.05) is 16.7 Å². The Kier molecular flexibility index (Phi) is 2.57. The molecule has 3 N–H and O–H groups in total. The first kappa shape index (κ1) is 11.5. The van der Waals surface area contributed by atoms with E-state index in [9.17, 15) is 4.79 Å². The molecule has 0 aliphatic carbocycles. The second-order valence-electron chi connectivity index (χ2n) is 3.53. The molecule has 8 nitrogen and oxygen atoms in total. The molecule has 0 saturated carbocycles. The van der Waals surface area contributed by atoms with E-state index < -0.39 is 5.91 Å². The Balaban J connectivity index is 1.89. The van der Waals surface area contributed by atoms with Crippen LogP contribution in [0.25, 0.3) is 11.1 Å². The first-order valence-corrected chi connectivity index (χ1v) is 5.46. The van der Waals surface area contributed by atoms with E-state index in [-0.39, 0.29) is 17.9 Å². The average Bonchev–Trinajstić information content (AvgIpc) is 2.95. The third-order valence-corrected chi connectivity index (χ3v) is 2.44. The molecule has 1 aromatic carbocycles. The van der Waals surface area contributed by atoms with Crippen molar-refractivity contribution in [2.45, 2.75) is 0 Å². The van der Waals surface area contributed by atoms with Crippen LogP contribution in [0.15, 0.2) is 27.0 Å². The number of carbonyl (C=O) groups excluding carboxylic acids is 1. The number of nitrogens with one attached hydrogen (secondary N) is 1. The summed E-state index contributed by atoms with van der Waals surface area (Å²) < 4.78 is 10.3. The lowest BCUT2D eigenvalue weighted by molar-refractivity contribution is 0.0968. The molecular formula is C10H6ClN5O3. The number of anilines is 2. The highest BCUT2D eigenvalue weighted by atomic mass is 35.5. The molecule has 1 amide bonds. The lowest BCUT2D eigenvalue weighted by Gasteiger charge is -1.91. The van der Waals surface area contributed by atoms with E-state index >= 15 is 0 Å². The minimum Gasteiger partial charge on any atom is -0.423 e. The summed E-state index contributed by atoms with van der Waals surface area (Å²) in [5.41, 5.74) is 6.10. The fraction of sp³-hybridized carbons (Fsp3) is 0. The fourth-order valence-electron chi connectivity index (χ4n) is 1.42. The van der Waals surface area contributed by atoms with Gasteiger partial charge >= 0.3 is 23.8 Å². The number of nitrogens with zero attached hydrogens (tertiary/aromatic N) is 3. The number of nitrogens with two attached hydrogens (primary N) is 1. The smallest absolute Gasteiger partial charge is 0.324 e. The van der Waals surface area contributed by atoms with E-state index in [4.69, 9.17) is 26.2 Å². The Morgan fingerprint density at radius 1 is 1.26 bits per heavy atom. The molecule has 96 valence electrons. The number of hydrogen-bond donors (Lipinski definition) is 2. The third-order valence-electron chi connectivity index (χ3n) is 2.20. The molecule has 0 aliphatic rings. The number of benzene rings is 1. The second kappa shape index (κ2) is 4.25. The van der Waals surface area contributed by atoms with Gasteiger partial charge in [0.1, 0.15) is 5.52 Å². The first-order chi connectivity index (χ1) is 9.11. The van der Waals surface area contributed by atoms with E-state index in [0.29, 0.717) is 16.1 Å². The van der Waals surface area contributed by atoms with Gasteiger partial charge in [-0.05, 0) is 12.1 Å². The van der Waals surface area contributed by atoms with Gasteiger partial charge in [-0.15, -0.1) is 5.10 Å². The highest BCUT2D eigenvalue weighted by molar-refractivity contribution is 6.31. The van der Waals surface area contributed by atoms with Crippen LogP contribution in [-0.2, 0) is 0 Å². The standard InChI is InChI=1S/C10H6ClN5O3/c11-4-1-2-5-6(3-4)18-9(13-5)14-10-16-15-8(19-10)7(12)17/h1-3H,(H2,12,17)(H,13,14,16). The Morgan fingerprint density at radius 3 is 2.84 bits per heavy atom. The lowest BCUT2D eigenvalue weighted by atomic mass is 10.3. The summed E-state index contributed by atoms with van der Waals surface area (Å²) in [6.45, 7) is 0. The van der Waals surface area contributed by atoms with E-state index in [1.54, 1.807) is 18.2 Å².